The van der Waals surface area contributed by atoms with Gasteiger partial charge in [0.2, 0.25) is 0 Å². The Morgan fingerprint density at radius 3 is 2.47 bits per heavy atom. The number of rotatable bonds is 5. The molecular weight excluding hydrogens is 535 g/mol. The minimum absolute atomic E-state index is 0.00486. The predicted molar refractivity (Wildman–Crippen MR) is 139 cm³/mol. The molecule has 0 unspecified atom stereocenters. The molecule has 9 heteroatoms. The second-order valence-corrected chi connectivity index (χ2v) is 10.3. The lowest BCUT2D eigenvalue weighted by Crippen LogP contribution is -2.20. The molecule has 0 fully saturated rings. The zero-order valence-corrected chi connectivity index (χ0v) is 21.4. The van der Waals surface area contributed by atoms with Crippen LogP contribution < -0.4 is 10.3 Å². The lowest BCUT2D eigenvalue weighted by molar-refractivity contribution is -0.137. The number of alkyl halides is 3. The molecule has 0 N–H and O–H groups in total. The molecular formula is C27H23BrF3N3O2. The molecule has 4 aromatic rings. The van der Waals surface area contributed by atoms with Crippen molar-refractivity contribution in [3.63, 3.8) is 0 Å². The van der Waals surface area contributed by atoms with Crippen LogP contribution in [0.2, 0.25) is 0 Å². The van der Waals surface area contributed by atoms with Crippen molar-refractivity contribution in [2.45, 2.75) is 26.9 Å². The maximum atomic E-state index is 13.3. The van der Waals surface area contributed by atoms with Crippen LogP contribution >= 0.6 is 15.9 Å². The highest BCUT2D eigenvalue weighted by Gasteiger charge is 2.31. The molecule has 186 valence electrons. The first-order valence-corrected chi connectivity index (χ1v) is 11.9. The zero-order chi connectivity index (χ0) is 26.1. The average Bonchev–Trinajstić information content (AvgIpc) is 2.82. The van der Waals surface area contributed by atoms with Crippen LogP contribution in [0, 0.1) is 5.41 Å². The van der Waals surface area contributed by atoms with Crippen LogP contribution in [0.25, 0.3) is 22.3 Å². The molecule has 0 radical (unpaired) electrons. The topological polar surface area (TPSA) is 56.5 Å². The predicted octanol–water partition coefficient (Wildman–Crippen LogP) is 7.15. The van der Waals surface area contributed by atoms with Gasteiger partial charge in [-0.3, -0.25) is 4.79 Å². The number of aromatic nitrogens is 2. The SMILES string of the molecule is CC(C)(C)COc1ccc(C=Nn2c(-c3cccc(C(F)(F)F)c3)nc3ccccc3c2=O)cc1Br. The van der Waals surface area contributed by atoms with Crippen LogP contribution in [0.15, 0.2) is 81.1 Å². The third-order valence-corrected chi connectivity index (χ3v) is 5.76. The molecule has 0 atom stereocenters. The van der Waals surface area contributed by atoms with Gasteiger partial charge in [-0.05, 0) is 69.4 Å². The number of nitrogens with zero attached hydrogens (tertiary/aromatic N) is 3. The summed E-state index contributed by atoms with van der Waals surface area (Å²) in [7, 11) is 0. The molecule has 1 aromatic heterocycles. The Kier molecular flexibility index (Phi) is 7.04. The Labute approximate surface area is 214 Å². The second-order valence-electron chi connectivity index (χ2n) is 9.43. The summed E-state index contributed by atoms with van der Waals surface area (Å²) >= 11 is 3.49. The Bertz CT molecular complexity index is 1510. The fourth-order valence-electron chi connectivity index (χ4n) is 3.39. The van der Waals surface area contributed by atoms with Gasteiger partial charge in [-0.25, -0.2) is 4.98 Å². The molecule has 3 aromatic carbocycles. The summed E-state index contributed by atoms with van der Waals surface area (Å²) in [6, 6.07) is 16.6. The Hall–Kier alpha value is -3.46. The van der Waals surface area contributed by atoms with E-state index < -0.39 is 17.3 Å². The highest BCUT2D eigenvalue weighted by atomic mass is 79.9. The van der Waals surface area contributed by atoms with E-state index in [2.05, 4.69) is 46.8 Å². The zero-order valence-electron chi connectivity index (χ0n) is 19.8. The molecule has 36 heavy (non-hydrogen) atoms. The average molecular weight is 558 g/mol. The minimum atomic E-state index is -4.54. The van der Waals surface area contributed by atoms with E-state index in [9.17, 15) is 18.0 Å². The second kappa shape index (κ2) is 9.89. The molecule has 5 nitrogen and oxygen atoms in total. The van der Waals surface area contributed by atoms with E-state index in [0.29, 0.717) is 33.3 Å². The van der Waals surface area contributed by atoms with E-state index in [1.807, 2.05) is 0 Å². The molecule has 0 bridgehead atoms. The van der Waals surface area contributed by atoms with Crippen molar-refractivity contribution in [2.75, 3.05) is 6.61 Å². The summed E-state index contributed by atoms with van der Waals surface area (Å²) in [5, 5.41) is 4.63. The van der Waals surface area contributed by atoms with Crippen LogP contribution in [0.5, 0.6) is 5.75 Å². The van der Waals surface area contributed by atoms with Crippen LogP contribution in [0.4, 0.5) is 13.2 Å². The van der Waals surface area contributed by atoms with Crippen LogP contribution in [0.3, 0.4) is 0 Å². The fraction of sp³-hybridized carbons (Fsp3) is 0.222. The Morgan fingerprint density at radius 1 is 1.03 bits per heavy atom. The van der Waals surface area contributed by atoms with E-state index in [-0.39, 0.29) is 16.8 Å². The number of ether oxygens (including phenoxy) is 1. The summed E-state index contributed by atoms with van der Waals surface area (Å²) in [5.41, 5.74) is -0.202. The van der Waals surface area contributed by atoms with Gasteiger partial charge in [-0.2, -0.15) is 22.9 Å². The van der Waals surface area contributed by atoms with Gasteiger partial charge in [0.1, 0.15) is 5.75 Å². The van der Waals surface area contributed by atoms with Gasteiger partial charge < -0.3 is 4.74 Å². The molecule has 4 rings (SSSR count). The third-order valence-electron chi connectivity index (χ3n) is 5.14. The lowest BCUT2D eigenvalue weighted by Gasteiger charge is -2.19. The summed E-state index contributed by atoms with van der Waals surface area (Å²) in [6.07, 6.45) is -3.09. The fourth-order valence-corrected chi connectivity index (χ4v) is 3.90. The van der Waals surface area contributed by atoms with Crippen LogP contribution in [-0.4, -0.2) is 22.5 Å². The van der Waals surface area contributed by atoms with Gasteiger partial charge in [-0.1, -0.05) is 45.0 Å². The van der Waals surface area contributed by atoms with Gasteiger partial charge >= 0.3 is 6.18 Å². The maximum absolute atomic E-state index is 13.3. The number of halogens is 4. The third kappa shape index (κ3) is 5.84. The molecule has 0 spiro atoms. The van der Waals surface area contributed by atoms with Gasteiger partial charge in [-0.15, -0.1) is 0 Å². The Balaban J connectivity index is 1.78. The largest absolute Gasteiger partial charge is 0.492 e. The molecule has 0 saturated carbocycles. The number of benzene rings is 3. The molecule has 0 amide bonds. The number of hydrogen-bond donors (Lipinski definition) is 0. The maximum Gasteiger partial charge on any atom is 0.416 e. The normalized spacial score (nSPS) is 12.4. The molecule has 1 heterocycles. The summed E-state index contributed by atoms with van der Waals surface area (Å²) in [5.74, 6) is 0.668. The molecule has 0 aliphatic rings. The first-order valence-electron chi connectivity index (χ1n) is 11.1. The molecule has 0 saturated heterocycles. The summed E-state index contributed by atoms with van der Waals surface area (Å²) < 4.78 is 47.6. The highest BCUT2D eigenvalue weighted by molar-refractivity contribution is 9.10. The van der Waals surface area contributed by atoms with Crippen molar-refractivity contribution in [3.05, 3.63) is 92.7 Å². The van der Waals surface area contributed by atoms with Gasteiger partial charge in [0.15, 0.2) is 5.82 Å². The monoisotopic (exact) mass is 557 g/mol. The van der Waals surface area contributed by atoms with Crippen molar-refractivity contribution < 1.29 is 17.9 Å². The van der Waals surface area contributed by atoms with Crippen molar-refractivity contribution in [1.82, 2.24) is 9.66 Å². The molecule has 0 aliphatic carbocycles. The van der Waals surface area contributed by atoms with Gasteiger partial charge in [0, 0.05) is 5.56 Å². The highest BCUT2D eigenvalue weighted by Crippen LogP contribution is 2.32. The van der Waals surface area contributed by atoms with E-state index in [4.69, 9.17) is 4.74 Å². The molecule has 0 aliphatic heterocycles. The van der Waals surface area contributed by atoms with Crippen molar-refractivity contribution in [3.8, 4) is 17.1 Å². The summed E-state index contributed by atoms with van der Waals surface area (Å²) in [6.45, 7) is 6.73. The smallest absolute Gasteiger partial charge is 0.416 e. The van der Waals surface area contributed by atoms with Gasteiger partial charge in [0.25, 0.3) is 5.56 Å². The van der Waals surface area contributed by atoms with Crippen molar-refractivity contribution in [1.29, 1.82) is 0 Å². The van der Waals surface area contributed by atoms with Crippen LogP contribution in [-0.2, 0) is 6.18 Å². The number of para-hydroxylation sites is 1. The van der Waals surface area contributed by atoms with E-state index in [1.54, 1.807) is 42.5 Å². The first kappa shape index (κ1) is 25.6. The number of hydrogen-bond acceptors (Lipinski definition) is 4. The quantitative estimate of drug-likeness (QED) is 0.245. The number of fused-ring (bicyclic) bond motifs is 1. The van der Waals surface area contributed by atoms with E-state index in [1.165, 1.54) is 18.3 Å². The van der Waals surface area contributed by atoms with Gasteiger partial charge in [0.05, 0.1) is 33.8 Å². The van der Waals surface area contributed by atoms with Crippen molar-refractivity contribution in [2.24, 2.45) is 10.5 Å². The van der Waals surface area contributed by atoms with Crippen molar-refractivity contribution >= 4 is 33.0 Å². The van der Waals surface area contributed by atoms with E-state index >= 15 is 0 Å². The Morgan fingerprint density at radius 2 is 1.78 bits per heavy atom. The van der Waals surface area contributed by atoms with Crippen LogP contribution in [0.1, 0.15) is 31.9 Å². The summed E-state index contributed by atoms with van der Waals surface area (Å²) in [4.78, 5) is 17.8. The standard InChI is InChI=1S/C27H23BrF3N3O2/c1-26(2,3)16-36-23-12-11-17(13-21(23)28)15-32-34-24(18-7-6-8-19(14-18)27(29,30)31)33-22-10-5-4-9-20(22)25(34)35/h4-15H,16H2,1-3H3. The van der Waals surface area contributed by atoms with E-state index in [0.717, 1.165) is 16.8 Å². The first-order chi connectivity index (χ1) is 16.9. The minimum Gasteiger partial charge on any atom is -0.492 e. The lowest BCUT2D eigenvalue weighted by atomic mass is 9.99.